The van der Waals surface area contributed by atoms with E-state index in [2.05, 4.69) is 10.6 Å². The Balaban J connectivity index is 1.83. The van der Waals surface area contributed by atoms with Crippen molar-refractivity contribution >= 4 is 46.6 Å². The van der Waals surface area contributed by atoms with Gasteiger partial charge in [0.25, 0.3) is 0 Å². The SMILES string of the molecule is Cc1ccc(NC(=O)CS[C@H](C)C(=O)Nc2cc(Cl)ccc2C)cc1. The summed E-state index contributed by atoms with van der Waals surface area (Å²) >= 11 is 7.25. The number of carbonyl (C=O) groups excluding carboxylic acids is 2. The lowest BCUT2D eigenvalue weighted by Gasteiger charge is -2.14. The van der Waals surface area contributed by atoms with Crippen LogP contribution < -0.4 is 10.6 Å². The predicted octanol–water partition coefficient (Wildman–Crippen LogP) is 4.66. The lowest BCUT2D eigenvalue weighted by molar-refractivity contribution is -0.115. The van der Waals surface area contributed by atoms with Crippen LogP contribution in [-0.2, 0) is 9.59 Å². The first-order chi connectivity index (χ1) is 11.8. The van der Waals surface area contributed by atoms with Gasteiger partial charge < -0.3 is 10.6 Å². The van der Waals surface area contributed by atoms with E-state index in [1.54, 1.807) is 19.1 Å². The molecule has 6 heteroatoms. The van der Waals surface area contributed by atoms with Crippen LogP contribution >= 0.6 is 23.4 Å². The zero-order valence-electron chi connectivity index (χ0n) is 14.4. The van der Waals surface area contributed by atoms with Crippen LogP contribution in [0.5, 0.6) is 0 Å². The molecular formula is C19H21ClN2O2S. The topological polar surface area (TPSA) is 58.2 Å². The molecular weight excluding hydrogens is 356 g/mol. The van der Waals surface area contributed by atoms with E-state index in [0.717, 1.165) is 16.8 Å². The lowest BCUT2D eigenvalue weighted by Crippen LogP contribution is -2.25. The number of amides is 2. The third-order valence-electron chi connectivity index (χ3n) is 3.63. The van der Waals surface area contributed by atoms with Crippen LogP contribution in [0, 0.1) is 13.8 Å². The first-order valence-electron chi connectivity index (χ1n) is 7.90. The van der Waals surface area contributed by atoms with Crippen molar-refractivity contribution in [1.82, 2.24) is 0 Å². The molecule has 2 rings (SSSR count). The minimum atomic E-state index is -0.359. The van der Waals surface area contributed by atoms with Crippen LogP contribution in [0.1, 0.15) is 18.1 Å². The van der Waals surface area contributed by atoms with E-state index in [-0.39, 0.29) is 22.8 Å². The average molecular weight is 377 g/mol. The van der Waals surface area contributed by atoms with Gasteiger partial charge in [-0.2, -0.15) is 0 Å². The number of thioether (sulfide) groups is 1. The van der Waals surface area contributed by atoms with Gasteiger partial charge in [-0.05, 0) is 50.6 Å². The van der Waals surface area contributed by atoms with Crippen LogP contribution in [0.2, 0.25) is 5.02 Å². The Hall–Kier alpha value is -1.98. The molecule has 0 aromatic heterocycles. The second-order valence-electron chi connectivity index (χ2n) is 5.82. The minimum Gasteiger partial charge on any atom is -0.325 e. The summed E-state index contributed by atoms with van der Waals surface area (Å²) in [7, 11) is 0. The molecule has 2 amide bonds. The van der Waals surface area contributed by atoms with E-state index in [9.17, 15) is 9.59 Å². The molecule has 4 nitrogen and oxygen atoms in total. The fourth-order valence-electron chi connectivity index (χ4n) is 2.07. The summed E-state index contributed by atoms with van der Waals surface area (Å²) in [4.78, 5) is 24.3. The van der Waals surface area contributed by atoms with Crippen molar-refractivity contribution in [1.29, 1.82) is 0 Å². The molecule has 0 unspecified atom stereocenters. The first kappa shape index (κ1) is 19.3. The van der Waals surface area contributed by atoms with Gasteiger partial charge in [0.05, 0.1) is 11.0 Å². The van der Waals surface area contributed by atoms with Gasteiger partial charge in [0.1, 0.15) is 0 Å². The van der Waals surface area contributed by atoms with Crippen molar-refractivity contribution in [2.75, 3.05) is 16.4 Å². The molecule has 1 atom stereocenters. The van der Waals surface area contributed by atoms with Crippen molar-refractivity contribution in [2.24, 2.45) is 0 Å². The number of carbonyl (C=O) groups is 2. The van der Waals surface area contributed by atoms with Gasteiger partial charge in [-0.1, -0.05) is 35.4 Å². The number of hydrogen-bond donors (Lipinski definition) is 2. The van der Waals surface area contributed by atoms with E-state index in [1.165, 1.54) is 11.8 Å². The summed E-state index contributed by atoms with van der Waals surface area (Å²) < 4.78 is 0. The largest absolute Gasteiger partial charge is 0.325 e. The van der Waals surface area contributed by atoms with Crippen LogP contribution in [0.3, 0.4) is 0 Å². The lowest BCUT2D eigenvalue weighted by atomic mass is 10.2. The zero-order valence-corrected chi connectivity index (χ0v) is 16.0. The smallest absolute Gasteiger partial charge is 0.237 e. The third kappa shape index (κ3) is 6.11. The molecule has 0 heterocycles. The molecule has 0 aliphatic rings. The predicted molar refractivity (Wildman–Crippen MR) is 107 cm³/mol. The molecule has 2 aromatic rings. The highest BCUT2D eigenvalue weighted by Gasteiger charge is 2.16. The maximum atomic E-state index is 12.3. The molecule has 0 saturated heterocycles. The number of halogens is 1. The van der Waals surface area contributed by atoms with Crippen molar-refractivity contribution in [3.8, 4) is 0 Å². The maximum absolute atomic E-state index is 12.3. The van der Waals surface area contributed by atoms with Gasteiger partial charge in [-0.3, -0.25) is 9.59 Å². The zero-order chi connectivity index (χ0) is 18.4. The molecule has 2 aromatic carbocycles. The minimum absolute atomic E-state index is 0.132. The summed E-state index contributed by atoms with van der Waals surface area (Å²) in [5, 5.41) is 5.88. The number of anilines is 2. The van der Waals surface area contributed by atoms with Crippen molar-refractivity contribution in [3.63, 3.8) is 0 Å². The second kappa shape index (κ2) is 8.92. The highest BCUT2D eigenvalue weighted by Crippen LogP contribution is 2.22. The van der Waals surface area contributed by atoms with Crippen molar-refractivity contribution in [3.05, 3.63) is 58.6 Å². The fourth-order valence-corrected chi connectivity index (χ4v) is 2.93. The summed E-state index contributed by atoms with van der Waals surface area (Å²) in [6, 6.07) is 12.9. The highest BCUT2D eigenvalue weighted by molar-refractivity contribution is 8.01. The van der Waals surface area contributed by atoms with Crippen molar-refractivity contribution < 1.29 is 9.59 Å². The van der Waals surface area contributed by atoms with E-state index < -0.39 is 0 Å². The van der Waals surface area contributed by atoms with Gasteiger partial charge in [-0.25, -0.2) is 0 Å². The summed E-state index contributed by atoms with van der Waals surface area (Å²) in [6.45, 7) is 5.67. The number of benzene rings is 2. The number of rotatable bonds is 6. The van der Waals surface area contributed by atoms with Gasteiger partial charge in [0.2, 0.25) is 11.8 Å². The Morgan fingerprint density at radius 2 is 1.76 bits per heavy atom. The molecule has 132 valence electrons. The quantitative estimate of drug-likeness (QED) is 0.771. The van der Waals surface area contributed by atoms with E-state index in [0.29, 0.717) is 10.7 Å². The van der Waals surface area contributed by atoms with E-state index in [1.807, 2.05) is 44.2 Å². The monoisotopic (exact) mass is 376 g/mol. The standard InChI is InChI=1S/C19H21ClN2O2S/c1-12-4-8-16(9-5-12)21-18(23)11-25-14(3)19(24)22-17-10-15(20)7-6-13(17)2/h4-10,14H,11H2,1-3H3,(H,21,23)(H,22,24)/t14-/m1/s1. The molecule has 0 aliphatic carbocycles. The van der Waals surface area contributed by atoms with Crippen LogP contribution in [0.4, 0.5) is 11.4 Å². The molecule has 0 aliphatic heterocycles. The molecule has 0 saturated carbocycles. The molecule has 0 fully saturated rings. The van der Waals surface area contributed by atoms with Crippen LogP contribution in [0.25, 0.3) is 0 Å². The number of nitrogens with one attached hydrogen (secondary N) is 2. The summed E-state index contributed by atoms with van der Waals surface area (Å²) in [5.41, 5.74) is 3.51. The van der Waals surface area contributed by atoms with E-state index >= 15 is 0 Å². The Morgan fingerprint density at radius 1 is 1.08 bits per heavy atom. The van der Waals surface area contributed by atoms with Gasteiger partial charge >= 0.3 is 0 Å². The first-order valence-corrected chi connectivity index (χ1v) is 9.33. The van der Waals surface area contributed by atoms with Gasteiger partial charge in [0, 0.05) is 16.4 Å². The van der Waals surface area contributed by atoms with Crippen molar-refractivity contribution in [2.45, 2.75) is 26.0 Å². The molecule has 0 spiro atoms. The summed E-state index contributed by atoms with van der Waals surface area (Å²) in [5.74, 6) is -0.0808. The molecule has 0 radical (unpaired) electrons. The number of hydrogen-bond acceptors (Lipinski definition) is 3. The molecule has 2 N–H and O–H groups in total. The van der Waals surface area contributed by atoms with E-state index in [4.69, 9.17) is 11.6 Å². The average Bonchev–Trinajstić information content (AvgIpc) is 2.58. The Morgan fingerprint density at radius 3 is 2.44 bits per heavy atom. The normalized spacial score (nSPS) is 11.7. The summed E-state index contributed by atoms with van der Waals surface area (Å²) in [6.07, 6.45) is 0. The molecule has 0 bridgehead atoms. The fraction of sp³-hybridized carbons (Fsp3) is 0.263. The van der Waals surface area contributed by atoms with Crippen LogP contribution in [0.15, 0.2) is 42.5 Å². The maximum Gasteiger partial charge on any atom is 0.237 e. The van der Waals surface area contributed by atoms with Gasteiger partial charge in [0.15, 0.2) is 0 Å². The Kier molecular flexibility index (Phi) is 6.91. The third-order valence-corrected chi connectivity index (χ3v) is 5.00. The Bertz CT molecular complexity index is 763. The second-order valence-corrected chi connectivity index (χ2v) is 7.58. The molecule has 25 heavy (non-hydrogen) atoms. The highest BCUT2D eigenvalue weighted by atomic mass is 35.5. The van der Waals surface area contributed by atoms with Gasteiger partial charge in [-0.15, -0.1) is 11.8 Å². The number of aryl methyl sites for hydroxylation is 2. The van der Waals surface area contributed by atoms with Crippen LogP contribution in [-0.4, -0.2) is 22.8 Å². The Labute approximate surface area is 157 Å².